The highest BCUT2D eigenvalue weighted by atomic mass is 79.9. The van der Waals surface area contributed by atoms with Crippen LogP contribution in [0.4, 0.5) is 8.78 Å². The van der Waals surface area contributed by atoms with Crippen LogP contribution in [0.25, 0.3) is 11.5 Å². The van der Waals surface area contributed by atoms with Gasteiger partial charge >= 0.3 is 5.97 Å². The Bertz CT molecular complexity index is 670. The molecule has 0 spiro atoms. The Morgan fingerprint density at radius 1 is 1.48 bits per heavy atom. The number of hydrogen-bond donors (Lipinski definition) is 0. The second kappa shape index (κ2) is 6.34. The topological polar surface area (TPSA) is 52.3 Å². The van der Waals surface area contributed by atoms with Crippen LogP contribution in [0.3, 0.4) is 0 Å². The average Bonchev–Trinajstić information content (AvgIpc) is 2.87. The minimum Gasteiger partial charge on any atom is -0.460 e. The summed E-state index contributed by atoms with van der Waals surface area (Å²) < 4.78 is 36.7. The summed E-state index contributed by atoms with van der Waals surface area (Å²) in [7, 11) is 0. The largest absolute Gasteiger partial charge is 0.460 e. The Morgan fingerprint density at radius 3 is 2.76 bits per heavy atom. The van der Waals surface area contributed by atoms with Crippen LogP contribution in [-0.4, -0.2) is 17.6 Å². The third-order valence-corrected chi connectivity index (χ3v) is 3.62. The van der Waals surface area contributed by atoms with E-state index in [2.05, 4.69) is 20.9 Å². The molecule has 0 N–H and O–H groups in total. The van der Waals surface area contributed by atoms with Crippen LogP contribution in [0.5, 0.6) is 0 Å². The SMILES string of the molecule is CCOC(=O)c1oc(-c2ccc(Br)c(C)c2)nc1C(F)F. The van der Waals surface area contributed by atoms with Crippen LogP contribution < -0.4 is 0 Å². The molecule has 2 rings (SSSR count). The first-order valence-corrected chi connectivity index (χ1v) is 6.95. The number of carbonyl (C=O) groups is 1. The zero-order valence-electron chi connectivity index (χ0n) is 11.3. The highest BCUT2D eigenvalue weighted by Crippen LogP contribution is 2.30. The van der Waals surface area contributed by atoms with Gasteiger partial charge in [0.2, 0.25) is 11.7 Å². The molecule has 0 aliphatic heterocycles. The van der Waals surface area contributed by atoms with Gasteiger partial charge in [0.1, 0.15) is 0 Å². The molecular weight excluding hydrogens is 348 g/mol. The molecule has 4 nitrogen and oxygen atoms in total. The van der Waals surface area contributed by atoms with Crippen LogP contribution in [0.2, 0.25) is 0 Å². The summed E-state index contributed by atoms with van der Waals surface area (Å²) in [5, 5.41) is 0. The van der Waals surface area contributed by atoms with E-state index in [1.807, 2.05) is 6.92 Å². The minimum absolute atomic E-state index is 0.0380. The number of carbonyl (C=O) groups excluding carboxylic acids is 1. The molecule has 2 aromatic rings. The van der Waals surface area contributed by atoms with Gasteiger partial charge in [0.25, 0.3) is 6.43 Å². The second-order valence-corrected chi connectivity index (χ2v) is 5.07. The zero-order valence-corrected chi connectivity index (χ0v) is 12.9. The fourth-order valence-corrected chi connectivity index (χ4v) is 1.97. The van der Waals surface area contributed by atoms with Crippen molar-refractivity contribution >= 4 is 21.9 Å². The summed E-state index contributed by atoms with van der Waals surface area (Å²) in [5.74, 6) is -1.54. The number of ether oxygens (including phenoxy) is 1. The van der Waals surface area contributed by atoms with Crippen molar-refractivity contribution in [2.24, 2.45) is 0 Å². The van der Waals surface area contributed by atoms with Crippen molar-refractivity contribution in [1.29, 1.82) is 0 Å². The smallest absolute Gasteiger partial charge is 0.376 e. The number of hydrogen-bond acceptors (Lipinski definition) is 4. The van der Waals surface area contributed by atoms with E-state index in [-0.39, 0.29) is 12.5 Å². The van der Waals surface area contributed by atoms with Crippen LogP contribution >= 0.6 is 15.9 Å². The molecule has 1 heterocycles. The summed E-state index contributed by atoms with van der Waals surface area (Å²) >= 11 is 3.34. The number of aromatic nitrogens is 1. The maximum absolute atomic E-state index is 13.0. The molecular formula is C14H12BrF2NO3. The van der Waals surface area contributed by atoms with Gasteiger partial charge in [-0.2, -0.15) is 0 Å². The number of benzene rings is 1. The van der Waals surface area contributed by atoms with Crippen molar-refractivity contribution in [1.82, 2.24) is 4.98 Å². The van der Waals surface area contributed by atoms with Gasteiger partial charge in [-0.15, -0.1) is 0 Å². The number of halogens is 3. The van der Waals surface area contributed by atoms with E-state index in [0.717, 1.165) is 10.0 Å². The predicted octanol–water partition coefficient (Wildman–Crippen LogP) is 4.53. The Balaban J connectivity index is 2.48. The fourth-order valence-electron chi connectivity index (χ4n) is 1.72. The third kappa shape index (κ3) is 3.29. The van der Waals surface area contributed by atoms with Gasteiger partial charge in [0, 0.05) is 10.0 Å². The zero-order chi connectivity index (χ0) is 15.6. The minimum atomic E-state index is -2.92. The lowest BCUT2D eigenvalue weighted by atomic mass is 10.1. The highest BCUT2D eigenvalue weighted by molar-refractivity contribution is 9.10. The van der Waals surface area contributed by atoms with E-state index in [1.54, 1.807) is 25.1 Å². The summed E-state index contributed by atoms with van der Waals surface area (Å²) in [5.41, 5.74) is 0.694. The number of esters is 1. The summed E-state index contributed by atoms with van der Waals surface area (Å²) in [6.45, 7) is 3.49. The molecule has 0 aliphatic carbocycles. The molecule has 21 heavy (non-hydrogen) atoms. The molecule has 7 heteroatoms. The van der Waals surface area contributed by atoms with Crippen molar-refractivity contribution in [2.75, 3.05) is 6.61 Å². The number of alkyl halides is 2. The standard InChI is InChI=1S/C14H12BrF2NO3/c1-3-20-14(19)11-10(12(16)17)18-13(21-11)8-4-5-9(15)7(2)6-8/h4-6,12H,3H2,1-2H3. The van der Waals surface area contributed by atoms with Gasteiger partial charge in [-0.3, -0.25) is 0 Å². The summed E-state index contributed by atoms with van der Waals surface area (Å²) in [6.07, 6.45) is -2.92. The van der Waals surface area contributed by atoms with Crippen LogP contribution in [-0.2, 0) is 4.74 Å². The van der Waals surface area contributed by atoms with Crippen LogP contribution in [0.15, 0.2) is 27.1 Å². The third-order valence-electron chi connectivity index (χ3n) is 2.73. The lowest BCUT2D eigenvalue weighted by Crippen LogP contribution is -2.06. The highest BCUT2D eigenvalue weighted by Gasteiger charge is 2.28. The van der Waals surface area contributed by atoms with Gasteiger partial charge in [0.05, 0.1) is 6.61 Å². The first-order chi connectivity index (χ1) is 9.93. The molecule has 0 saturated carbocycles. The molecule has 1 aromatic carbocycles. The number of nitrogens with zero attached hydrogens (tertiary/aromatic N) is 1. The number of rotatable bonds is 4. The monoisotopic (exact) mass is 359 g/mol. The van der Waals surface area contributed by atoms with Crippen molar-refractivity contribution in [2.45, 2.75) is 20.3 Å². The maximum atomic E-state index is 13.0. The maximum Gasteiger partial charge on any atom is 0.376 e. The molecule has 0 bridgehead atoms. The van der Waals surface area contributed by atoms with Crippen molar-refractivity contribution in [3.8, 4) is 11.5 Å². The first-order valence-electron chi connectivity index (χ1n) is 6.16. The molecule has 0 atom stereocenters. The summed E-state index contributed by atoms with van der Waals surface area (Å²) in [4.78, 5) is 15.4. The Kier molecular flexibility index (Phi) is 4.72. The quantitative estimate of drug-likeness (QED) is 0.752. The molecule has 112 valence electrons. The van der Waals surface area contributed by atoms with Gasteiger partial charge in [-0.25, -0.2) is 18.6 Å². The fraction of sp³-hybridized carbons (Fsp3) is 0.286. The van der Waals surface area contributed by atoms with Gasteiger partial charge in [0.15, 0.2) is 5.69 Å². The molecule has 0 aliphatic rings. The molecule has 0 radical (unpaired) electrons. The van der Waals surface area contributed by atoms with Gasteiger partial charge in [-0.05, 0) is 37.6 Å². The Hall–Kier alpha value is -1.76. The van der Waals surface area contributed by atoms with Crippen molar-refractivity contribution in [3.63, 3.8) is 0 Å². The second-order valence-electron chi connectivity index (χ2n) is 4.22. The normalized spacial score (nSPS) is 11.0. The molecule has 0 saturated heterocycles. The van der Waals surface area contributed by atoms with Crippen LogP contribution in [0, 0.1) is 6.92 Å². The van der Waals surface area contributed by atoms with Crippen LogP contribution in [0.1, 0.15) is 35.2 Å². The molecule has 0 amide bonds. The first kappa shape index (κ1) is 15.6. The lowest BCUT2D eigenvalue weighted by Gasteiger charge is -2.00. The molecule has 0 fully saturated rings. The van der Waals surface area contributed by atoms with E-state index in [0.29, 0.717) is 5.56 Å². The van der Waals surface area contributed by atoms with Crippen molar-refractivity contribution in [3.05, 3.63) is 39.7 Å². The lowest BCUT2D eigenvalue weighted by molar-refractivity contribution is 0.0476. The molecule has 0 unspecified atom stereocenters. The Labute approximate surface area is 128 Å². The number of aryl methyl sites for hydroxylation is 1. The van der Waals surface area contributed by atoms with Crippen molar-refractivity contribution < 1.29 is 22.7 Å². The predicted molar refractivity (Wildman–Crippen MR) is 75.3 cm³/mol. The van der Waals surface area contributed by atoms with Gasteiger partial charge < -0.3 is 9.15 Å². The van der Waals surface area contributed by atoms with E-state index in [9.17, 15) is 13.6 Å². The average molecular weight is 360 g/mol. The van der Waals surface area contributed by atoms with E-state index in [4.69, 9.17) is 9.15 Å². The summed E-state index contributed by atoms with van der Waals surface area (Å²) in [6, 6.07) is 5.13. The number of oxazole rings is 1. The van der Waals surface area contributed by atoms with Gasteiger partial charge in [-0.1, -0.05) is 15.9 Å². The Morgan fingerprint density at radius 2 is 2.19 bits per heavy atom. The van der Waals surface area contributed by atoms with E-state index >= 15 is 0 Å². The van der Waals surface area contributed by atoms with E-state index in [1.165, 1.54) is 0 Å². The molecule has 1 aromatic heterocycles. The van der Waals surface area contributed by atoms with E-state index < -0.39 is 23.8 Å².